The van der Waals surface area contributed by atoms with Crippen molar-refractivity contribution < 1.29 is 0 Å². The number of nitrogens with one attached hydrogen (secondary N) is 2. The van der Waals surface area contributed by atoms with Crippen LogP contribution >= 0.6 is 0 Å². The van der Waals surface area contributed by atoms with Gasteiger partial charge in [0, 0.05) is 29.6 Å². The average Bonchev–Trinajstić information content (AvgIpc) is 2.24. The van der Waals surface area contributed by atoms with E-state index in [1.807, 2.05) is 0 Å². The van der Waals surface area contributed by atoms with Crippen LogP contribution in [0.15, 0.2) is 0 Å². The molecular weight excluding hydrogens is 184 g/mol. The number of hydrogen-bond donors (Lipinski definition) is 2. The Labute approximate surface area is 92.2 Å². The molecule has 1 spiro atoms. The molecule has 2 N–H and O–H groups in total. The topological polar surface area (TPSA) is 24.1 Å². The van der Waals surface area contributed by atoms with Gasteiger partial charge in [0.25, 0.3) is 0 Å². The van der Waals surface area contributed by atoms with Gasteiger partial charge in [-0.3, -0.25) is 0 Å². The molecule has 4 fully saturated rings. The Bertz CT molecular complexity index is 272. The van der Waals surface area contributed by atoms with E-state index in [4.69, 9.17) is 0 Å². The molecule has 0 aromatic rings. The lowest BCUT2D eigenvalue weighted by atomic mass is 9.42. The highest BCUT2D eigenvalue weighted by Crippen LogP contribution is 2.62. The van der Waals surface area contributed by atoms with Gasteiger partial charge in [-0.2, -0.15) is 0 Å². The van der Waals surface area contributed by atoms with Gasteiger partial charge in [-0.1, -0.05) is 19.3 Å². The van der Waals surface area contributed by atoms with Crippen LogP contribution in [0.25, 0.3) is 0 Å². The molecule has 15 heavy (non-hydrogen) atoms. The van der Waals surface area contributed by atoms with E-state index in [0.29, 0.717) is 0 Å². The maximum atomic E-state index is 3.90. The lowest BCUT2D eigenvalue weighted by Gasteiger charge is -2.75. The first-order valence-electron chi connectivity index (χ1n) is 6.91. The predicted molar refractivity (Wildman–Crippen MR) is 60.8 cm³/mol. The van der Waals surface area contributed by atoms with Crippen molar-refractivity contribution in [1.29, 1.82) is 0 Å². The first-order valence-corrected chi connectivity index (χ1v) is 6.91. The highest BCUT2D eigenvalue weighted by Gasteiger charge is 2.69. The van der Waals surface area contributed by atoms with Gasteiger partial charge in [-0.15, -0.1) is 0 Å². The molecule has 0 amide bonds. The van der Waals surface area contributed by atoms with Crippen molar-refractivity contribution in [2.24, 2.45) is 5.41 Å². The second kappa shape index (κ2) is 2.98. The van der Waals surface area contributed by atoms with Crippen molar-refractivity contribution >= 4 is 0 Å². The molecule has 0 aromatic carbocycles. The van der Waals surface area contributed by atoms with Crippen molar-refractivity contribution in [2.75, 3.05) is 0 Å². The minimum atomic E-state index is 0.798. The Morgan fingerprint density at radius 2 is 1.93 bits per heavy atom. The van der Waals surface area contributed by atoms with Crippen LogP contribution in [0.1, 0.15) is 51.4 Å². The number of hydrogen-bond acceptors (Lipinski definition) is 2. The second-order valence-corrected chi connectivity index (χ2v) is 6.28. The van der Waals surface area contributed by atoms with Gasteiger partial charge >= 0.3 is 0 Å². The van der Waals surface area contributed by atoms with Gasteiger partial charge in [-0.25, -0.2) is 0 Å². The molecule has 1 heterocycles. The molecule has 0 aromatic heterocycles. The molecule has 4 rings (SSSR count). The summed E-state index contributed by atoms with van der Waals surface area (Å²) < 4.78 is 0. The van der Waals surface area contributed by atoms with E-state index in [1.54, 1.807) is 0 Å². The highest BCUT2D eigenvalue weighted by molar-refractivity contribution is 5.27. The number of piperidine rings is 2. The summed E-state index contributed by atoms with van der Waals surface area (Å²) in [7, 11) is 0. The zero-order valence-corrected chi connectivity index (χ0v) is 9.47. The summed E-state index contributed by atoms with van der Waals surface area (Å²) in [6.45, 7) is 0. The molecule has 3 saturated carbocycles. The SMILES string of the molecule is C1CCC(NC2C[C@]34CC[C@@H]3NC24)CC1. The van der Waals surface area contributed by atoms with E-state index < -0.39 is 0 Å². The van der Waals surface area contributed by atoms with E-state index in [9.17, 15) is 0 Å². The van der Waals surface area contributed by atoms with Crippen molar-refractivity contribution in [2.45, 2.75) is 75.5 Å². The van der Waals surface area contributed by atoms with Crippen LogP contribution in [0.4, 0.5) is 0 Å². The largest absolute Gasteiger partial charge is 0.310 e. The minimum Gasteiger partial charge on any atom is -0.310 e. The van der Waals surface area contributed by atoms with Gasteiger partial charge in [-0.05, 0) is 32.1 Å². The predicted octanol–water partition coefficient (Wildman–Crippen LogP) is 1.80. The second-order valence-electron chi connectivity index (χ2n) is 6.28. The Kier molecular flexibility index (Phi) is 1.79. The molecule has 1 saturated heterocycles. The molecule has 2 heteroatoms. The maximum Gasteiger partial charge on any atom is 0.0296 e. The summed E-state index contributed by atoms with van der Waals surface area (Å²) in [5.74, 6) is 0. The van der Waals surface area contributed by atoms with Crippen LogP contribution < -0.4 is 10.6 Å². The van der Waals surface area contributed by atoms with Gasteiger partial charge < -0.3 is 10.6 Å². The molecular formula is C13H22N2. The third-order valence-corrected chi connectivity index (χ3v) is 5.65. The molecule has 1 aliphatic heterocycles. The summed E-state index contributed by atoms with van der Waals surface area (Å²) in [6.07, 6.45) is 11.7. The Hall–Kier alpha value is -0.0800. The van der Waals surface area contributed by atoms with Crippen molar-refractivity contribution in [3.05, 3.63) is 0 Å². The summed E-state index contributed by atoms with van der Waals surface area (Å²) in [5.41, 5.74) is 0.798. The standard InChI is InChI=1S/C13H22N2/c1-2-4-9(5-3-1)14-10-8-13-7-6-11(13)15-12(10)13/h9-12,14-15H,1-8H2/t10?,11-,12?,13+/m0/s1. The smallest absolute Gasteiger partial charge is 0.0296 e. The first-order chi connectivity index (χ1) is 7.38. The van der Waals surface area contributed by atoms with Crippen LogP contribution in [-0.4, -0.2) is 24.2 Å². The summed E-state index contributed by atoms with van der Waals surface area (Å²) in [5, 5.41) is 7.65. The third-order valence-electron chi connectivity index (χ3n) is 5.65. The molecule has 84 valence electrons. The summed E-state index contributed by atoms with van der Waals surface area (Å²) >= 11 is 0. The molecule has 0 radical (unpaired) electrons. The van der Waals surface area contributed by atoms with E-state index in [0.717, 1.165) is 29.6 Å². The Balaban J connectivity index is 1.33. The lowest BCUT2D eigenvalue weighted by molar-refractivity contribution is -0.176. The van der Waals surface area contributed by atoms with Gasteiger partial charge in [0.05, 0.1) is 0 Å². The van der Waals surface area contributed by atoms with Crippen molar-refractivity contribution in [3.63, 3.8) is 0 Å². The van der Waals surface area contributed by atoms with Crippen LogP contribution in [-0.2, 0) is 0 Å². The van der Waals surface area contributed by atoms with Crippen LogP contribution in [0.3, 0.4) is 0 Å². The van der Waals surface area contributed by atoms with Crippen LogP contribution in [0.5, 0.6) is 0 Å². The quantitative estimate of drug-likeness (QED) is 0.720. The van der Waals surface area contributed by atoms with Crippen LogP contribution in [0, 0.1) is 5.41 Å². The van der Waals surface area contributed by atoms with Crippen LogP contribution in [0.2, 0.25) is 0 Å². The normalized spacial score (nSPS) is 53.2. The van der Waals surface area contributed by atoms with Crippen molar-refractivity contribution in [3.8, 4) is 0 Å². The first kappa shape index (κ1) is 9.00. The van der Waals surface area contributed by atoms with Gasteiger partial charge in [0.2, 0.25) is 0 Å². The molecule has 2 unspecified atom stereocenters. The fourth-order valence-electron chi connectivity index (χ4n) is 4.55. The molecule has 4 atom stereocenters. The zero-order chi connectivity index (χ0) is 9.88. The summed E-state index contributed by atoms with van der Waals surface area (Å²) in [4.78, 5) is 0. The minimum absolute atomic E-state index is 0.798. The Morgan fingerprint density at radius 1 is 1.07 bits per heavy atom. The fourth-order valence-corrected chi connectivity index (χ4v) is 4.55. The van der Waals surface area contributed by atoms with Gasteiger partial charge in [0.15, 0.2) is 0 Å². The van der Waals surface area contributed by atoms with E-state index in [2.05, 4.69) is 10.6 Å². The number of rotatable bonds is 2. The summed E-state index contributed by atoms with van der Waals surface area (Å²) in [6, 6.07) is 3.46. The van der Waals surface area contributed by atoms with E-state index in [1.165, 1.54) is 51.4 Å². The highest BCUT2D eigenvalue weighted by atomic mass is 15.2. The Morgan fingerprint density at radius 3 is 2.47 bits per heavy atom. The zero-order valence-electron chi connectivity index (χ0n) is 9.47. The molecule has 3 aliphatic carbocycles. The van der Waals surface area contributed by atoms with Gasteiger partial charge in [0.1, 0.15) is 0 Å². The van der Waals surface area contributed by atoms with E-state index >= 15 is 0 Å². The molecule has 0 bridgehead atoms. The average molecular weight is 206 g/mol. The lowest BCUT2D eigenvalue weighted by Crippen LogP contribution is -2.88. The van der Waals surface area contributed by atoms with Crippen molar-refractivity contribution in [1.82, 2.24) is 10.6 Å². The van der Waals surface area contributed by atoms with E-state index in [-0.39, 0.29) is 0 Å². The molecule has 2 nitrogen and oxygen atoms in total. The maximum absolute atomic E-state index is 3.90. The fraction of sp³-hybridized carbons (Fsp3) is 1.00. The molecule has 4 aliphatic rings. The monoisotopic (exact) mass is 206 g/mol. The third kappa shape index (κ3) is 1.07.